The second-order valence-corrected chi connectivity index (χ2v) is 6.29. The van der Waals surface area contributed by atoms with Crippen molar-refractivity contribution in [1.29, 1.82) is 0 Å². The van der Waals surface area contributed by atoms with Crippen LogP contribution in [0.3, 0.4) is 0 Å². The Morgan fingerprint density at radius 3 is 2.19 bits per heavy atom. The lowest BCUT2D eigenvalue weighted by atomic mass is 10.0. The van der Waals surface area contributed by atoms with Gasteiger partial charge in [-0.15, -0.1) is 0 Å². The molecule has 4 nitrogen and oxygen atoms in total. The Morgan fingerprint density at radius 2 is 1.50 bits per heavy atom. The highest BCUT2D eigenvalue weighted by molar-refractivity contribution is 6.23. The minimum Gasteiger partial charge on any atom is -0.507 e. The Hall–Kier alpha value is -3.66. The molecule has 5 aromatic rings. The third-order valence-corrected chi connectivity index (χ3v) is 4.79. The van der Waals surface area contributed by atoms with Crippen LogP contribution in [0.5, 0.6) is 5.75 Å². The van der Waals surface area contributed by atoms with Gasteiger partial charge in [0.1, 0.15) is 17.9 Å². The fourth-order valence-corrected chi connectivity index (χ4v) is 3.57. The molecular weight excluding hydrogens is 324 g/mol. The van der Waals surface area contributed by atoms with Gasteiger partial charge in [0, 0.05) is 16.3 Å². The lowest BCUT2D eigenvalue weighted by molar-refractivity contribution is 0.112. The molecule has 0 amide bonds. The van der Waals surface area contributed by atoms with Crippen molar-refractivity contribution < 1.29 is 9.90 Å². The number of imidazole rings is 1. The van der Waals surface area contributed by atoms with Gasteiger partial charge in [0.15, 0.2) is 0 Å². The summed E-state index contributed by atoms with van der Waals surface area (Å²) < 4.78 is 0. The number of rotatable bonds is 2. The molecule has 0 aliphatic carbocycles. The number of aromatic amines is 1. The Balaban J connectivity index is 1.89. The minimum absolute atomic E-state index is 0.0299. The van der Waals surface area contributed by atoms with Gasteiger partial charge >= 0.3 is 0 Å². The zero-order chi connectivity index (χ0) is 17.7. The molecule has 4 heteroatoms. The van der Waals surface area contributed by atoms with Crippen molar-refractivity contribution >= 4 is 38.9 Å². The van der Waals surface area contributed by atoms with Gasteiger partial charge in [0.25, 0.3) is 0 Å². The van der Waals surface area contributed by atoms with Crippen LogP contribution in [0.2, 0.25) is 0 Å². The van der Waals surface area contributed by atoms with Gasteiger partial charge < -0.3 is 10.1 Å². The van der Waals surface area contributed by atoms with Crippen molar-refractivity contribution in [2.75, 3.05) is 0 Å². The van der Waals surface area contributed by atoms with E-state index in [2.05, 4.69) is 29.2 Å². The fraction of sp³-hybridized carbons (Fsp3) is 0. The Labute approximate surface area is 148 Å². The van der Waals surface area contributed by atoms with E-state index in [1.165, 1.54) is 6.07 Å². The molecule has 0 saturated carbocycles. The van der Waals surface area contributed by atoms with Gasteiger partial charge in [0.05, 0.1) is 16.6 Å². The van der Waals surface area contributed by atoms with Crippen LogP contribution >= 0.6 is 0 Å². The lowest BCUT2D eigenvalue weighted by Crippen LogP contribution is -1.85. The first-order valence-corrected chi connectivity index (χ1v) is 8.34. The van der Waals surface area contributed by atoms with E-state index < -0.39 is 0 Å². The minimum atomic E-state index is 0.0299. The predicted octanol–water partition coefficient (Wildman–Crippen LogP) is 5.05. The lowest BCUT2D eigenvalue weighted by Gasteiger charge is -2.05. The quantitative estimate of drug-likeness (QED) is 0.349. The molecule has 0 fully saturated rings. The molecule has 0 aliphatic rings. The maximum atomic E-state index is 10.9. The molecule has 124 valence electrons. The Kier molecular flexibility index (Phi) is 3.06. The van der Waals surface area contributed by atoms with Gasteiger partial charge in [-0.3, -0.25) is 4.79 Å². The first kappa shape index (κ1) is 14.7. The standard InChI is InChI=1S/C22H14N2O2/c25-12-13-9-10-18(19(26)11-13)22-23-20-16-7-3-1-5-14(16)15-6-2-4-8-17(15)21(20)24-22/h1-12,26H,(H,23,24). The van der Waals surface area contributed by atoms with Crippen molar-refractivity contribution in [2.45, 2.75) is 0 Å². The summed E-state index contributed by atoms with van der Waals surface area (Å²) in [5, 5.41) is 14.8. The first-order chi connectivity index (χ1) is 12.8. The van der Waals surface area contributed by atoms with Crippen molar-refractivity contribution in [2.24, 2.45) is 0 Å². The number of hydrogen-bond donors (Lipinski definition) is 2. The third-order valence-electron chi connectivity index (χ3n) is 4.79. The van der Waals surface area contributed by atoms with Crippen molar-refractivity contribution in [3.63, 3.8) is 0 Å². The molecule has 0 radical (unpaired) electrons. The summed E-state index contributed by atoms with van der Waals surface area (Å²) in [7, 11) is 0. The van der Waals surface area contributed by atoms with Crippen LogP contribution in [0.15, 0.2) is 66.7 Å². The summed E-state index contributed by atoms with van der Waals surface area (Å²) in [5.74, 6) is 0.610. The number of fused-ring (bicyclic) bond motifs is 6. The summed E-state index contributed by atoms with van der Waals surface area (Å²) in [6.07, 6.45) is 0.711. The summed E-state index contributed by atoms with van der Waals surface area (Å²) in [6.45, 7) is 0. The zero-order valence-electron chi connectivity index (χ0n) is 13.7. The number of H-pyrrole nitrogens is 1. The molecule has 1 aromatic heterocycles. The maximum absolute atomic E-state index is 10.9. The van der Waals surface area contributed by atoms with Gasteiger partial charge in [-0.2, -0.15) is 0 Å². The molecule has 0 spiro atoms. The smallest absolute Gasteiger partial charge is 0.150 e. The van der Waals surface area contributed by atoms with E-state index in [1.54, 1.807) is 12.1 Å². The van der Waals surface area contributed by atoms with Crippen molar-refractivity contribution in [3.8, 4) is 17.1 Å². The second-order valence-electron chi connectivity index (χ2n) is 6.29. The van der Waals surface area contributed by atoms with Gasteiger partial charge in [-0.05, 0) is 22.9 Å². The van der Waals surface area contributed by atoms with Gasteiger partial charge in [0.2, 0.25) is 0 Å². The van der Waals surface area contributed by atoms with Crippen LogP contribution < -0.4 is 0 Å². The number of carbonyl (C=O) groups is 1. The Morgan fingerprint density at radius 1 is 0.846 bits per heavy atom. The zero-order valence-corrected chi connectivity index (χ0v) is 13.7. The molecule has 5 rings (SSSR count). The summed E-state index contributed by atoms with van der Waals surface area (Å²) in [5.41, 5.74) is 2.81. The Bertz CT molecular complexity index is 1250. The number of phenols is 1. The molecule has 0 bridgehead atoms. The summed E-state index contributed by atoms with van der Waals surface area (Å²) in [4.78, 5) is 19.0. The maximum Gasteiger partial charge on any atom is 0.150 e. The van der Waals surface area contributed by atoms with Crippen LogP contribution in [0.25, 0.3) is 44.0 Å². The molecular formula is C22H14N2O2. The van der Waals surface area contributed by atoms with Crippen molar-refractivity contribution in [1.82, 2.24) is 9.97 Å². The highest BCUT2D eigenvalue weighted by Gasteiger charge is 2.15. The van der Waals surface area contributed by atoms with E-state index in [0.717, 1.165) is 32.6 Å². The summed E-state index contributed by atoms with van der Waals surface area (Å²) in [6, 6.07) is 21.2. The molecule has 0 aliphatic heterocycles. The molecule has 1 heterocycles. The normalized spacial score (nSPS) is 11.4. The molecule has 0 saturated heterocycles. The van der Waals surface area contributed by atoms with Crippen LogP contribution in [0.4, 0.5) is 0 Å². The number of aldehydes is 1. The van der Waals surface area contributed by atoms with E-state index >= 15 is 0 Å². The monoisotopic (exact) mass is 338 g/mol. The van der Waals surface area contributed by atoms with Crippen molar-refractivity contribution in [3.05, 3.63) is 72.3 Å². The van der Waals surface area contributed by atoms with E-state index in [-0.39, 0.29) is 5.75 Å². The molecule has 2 N–H and O–H groups in total. The summed E-state index contributed by atoms with van der Waals surface area (Å²) >= 11 is 0. The number of nitrogens with one attached hydrogen (secondary N) is 1. The highest BCUT2D eigenvalue weighted by atomic mass is 16.3. The number of benzene rings is 4. The molecule has 0 unspecified atom stereocenters. The number of phenolic OH excluding ortho intramolecular Hbond substituents is 1. The number of aromatic nitrogens is 2. The molecule has 0 atom stereocenters. The largest absolute Gasteiger partial charge is 0.507 e. The van der Waals surface area contributed by atoms with Crippen LogP contribution in [-0.2, 0) is 0 Å². The number of nitrogens with zero attached hydrogens (tertiary/aromatic N) is 1. The predicted molar refractivity (Wildman–Crippen MR) is 104 cm³/mol. The van der Waals surface area contributed by atoms with E-state index in [0.29, 0.717) is 23.2 Å². The number of aromatic hydroxyl groups is 1. The average Bonchev–Trinajstić information content (AvgIpc) is 3.13. The van der Waals surface area contributed by atoms with Gasteiger partial charge in [-0.1, -0.05) is 54.6 Å². The van der Waals surface area contributed by atoms with Crippen LogP contribution in [0.1, 0.15) is 10.4 Å². The second kappa shape index (κ2) is 5.43. The average molecular weight is 338 g/mol. The highest BCUT2D eigenvalue weighted by Crippen LogP contribution is 2.36. The fourth-order valence-electron chi connectivity index (χ4n) is 3.57. The van der Waals surface area contributed by atoms with Crippen LogP contribution in [-0.4, -0.2) is 21.4 Å². The molecule has 4 aromatic carbocycles. The molecule has 26 heavy (non-hydrogen) atoms. The van der Waals surface area contributed by atoms with E-state index in [9.17, 15) is 9.90 Å². The number of hydrogen-bond acceptors (Lipinski definition) is 3. The number of carbonyl (C=O) groups excluding carboxylic acids is 1. The SMILES string of the molecule is O=Cc1ccc(-c2nc3c4ccccc4c4ccccc4c3[nH]2)c(O)c1. The third kappa shape index (κ3) is 2.02. The first-order valence-electron chi connectivity index (χ1n) is 8.34. The van der Waals surface area contributed by atoms with Crippen LogP contribution in [0, 0.1) is 0 Å². The topological polar surface area (TPSA) is 66.0 Å². The van der Waals surface area contributed by atoms with E-state index in [1.807, 2.05) is 24.3 Å². The van der Waals surface area contributed by atoms with E-state index in [4.69, 9.17) is 4.98 Å². The van der Waals surface area contributed by atoms with Gasteiger partial charge in [-0.25, -0.2) is 4.98 Å².